The van der Waals surface area contributed by atoms with Gasteiger partial charge in [0.05, 0.1) is 16.0 Å². The Morgan fingerprint density at radius 3 is 2.68 bits per heavy atom. The van der Waals surface area contributed by atoms with Crippen LogP contribution in [0.2, 0.25) is 5.02 Å². The molecular formula is C28H24ClN5O2S2. The maximum absolute atomic E-state index is 12.6. The van der Waals surface area contributed by atoms with Crippen molar-refractivity contribution < 1.29 is 9.53 Å². The summed E-state index contributed by atoms with van der Waals surface area (Å²) in [6.07, 6.45) is 1.76. The molecule has 0 aliphatic rings. The number of nitrogens with zero attached hydrogens (tertiary/aromatic N) is 4. The summed E-state index contributed by atoms with van der Waals surface area (Å²) in [5.74, 6) is 1.38. The molecule has 3 aromatic carbocycles. The maximum Gasteiger partial charge on any atom is 0.234 e. The lowest BCUT2D eigenvalue weighted by molar-refractivity contribution is -0.113. The molecule has 38 heavy (non-hydrogen) atoms. The van der Waals surface area contributed by atoms with Gasteiger partial charge >= 0.3 is 0 Å². The molecule has 192 valence electrons. The smallest absolute Gasteiger partial charge is 0.234 e. The molecule has 1 N–H and O–H groups in total. The minimum Gasteiger partial charge on any atom is -0.486 e. The first-order valence-electron chi connectivity index (χ1n) is 11.8. The fourth-order valence-corrected chi connectivity index (χ4v) is 5.66. The Bertz CT molecular complexity index is 1580. The number of fused-ring (bicyclic) bond motifs is 1. The molecule has 1 amide bonds. The van der Waals surface area contributed by atoms with E-state index in [1.807, 2.05) is 34.9 Å². The van der Waals surface area contributed by atoms with Crippen molar-refractivity contribution in [1.29, 1.82) is 0 Å². The summed E-state index contributed by atoms with van der Waals surface area (Å²) in [5, 5.41) is 13.7. The topological polar surface area (TPSA) is 81.9 Å². The second kappa shape index (κ2) is 11.8. The Morgan fingerprint density at radius 2 is 1.92 bits per heavy atom. The predicted octanol–water partition coefficient (Wildman–Crippen LogP) is 7.01. The molecule has 0 spiro atoms. The van der Waals surface area contributed by atoms with E-state index in [9.17, 15) is 4.79 Å². The first kappa shape index (κ1) is 26.0. The molecule has 0 unspecified atom stereocenters. The van der Waals surface area contributed by atoms with Crippen molar-refractivity contribution in [3.8, 4) is 16.3 Å². The lowest BCUT2D eigenvalue weighted by Gasteiger charge is -2.09. The van der Waals surface area contributed by atoms with E-state index < -0.39 is 0 Å². The summed E-state index contributed by atoms with van der Waals surface area (Å²) < 4.78 is 8.86. The fraction of sp³-hybridized carbons (Fsp3) is 0.143. The van der Waals surface area contributed by atoms with Gasteiger partial charge in [-0.05, 0) is 73.2 Å². The van der Waals surface area contributed by atoms with Gasteiger partial charge in [-0.1, -0.05) is 35.5 Å². The van der Waals surface area contributed by atoms with E-state index in [-0.39, 0.29) is 18.3 Å². The number of amides is 1. The van der Waals surface area contributed by atoms with Gasteiger partial charge in [0.2, 0.25) is 5.91 Å². The zero-order valence-electron chi connectivity index (χ0n) is 20.6. The van der Waals surface area contributed by atoms with Crippen molar-refractivity contribution in [2.75, 3.05) is 11.1 Å². The average Bonchev–Trinajstić information content (AvgIpc) is 3.51. The van der Waals surface area contributed by atoms with E-state index >= 15 is 0 Å². The Balaban J connectivity index is 1.18. The van der Waals surface area contributed by atoms with Crippen LogP contribution in [0.1, 0.15) is 11.4 Å². The van der Waals surface area contributed by atoms with Gasteiger partial charge in [0.25, 0.3) is 0 Å². The van der Waals surface area contributed by atoms with Gasteiger partial charge in [-0.3, -0.25) is 9.36 Å². The fourth-order valence-electron chi connectivity index (χ4n) is 3.70. The molecule has 10 heteroatoms. The van der Waals surface area contributed by atoms with Crippen LogP contribution in [0, 0.1) is 6.92 Å². The number of thioether (sulfide) groups is 1. The minimum atomic E-state index is -0.134. The maximum atomic E-state index is 12.6. The van der Waals surface area contributed by atoms with E-state index in [4.69, 9.17) is 21.3 Å². The normalized spacial score (nSPS) is 11.0. The number of thiazole rings is 1. The van der Waals surface area contributed by atoms with Crippen molar-refractivity contribution in [3.63, 3.8) is 0 Å². The number of nitrogens with one attached hydrogen (secondary N) is 1. The molecule has 2 heterocycles. The van der Waals surface area contributed by atoms with Gasteiger partial charge in [0.15, 0.2) is 11.0 Å². The summed E-state index contributed by atoms with van der Waals surface area (Å²) in [5.41, 5.74) is 3.95. The first-order valence-corrected chi connectivity index (χ1v) is 14.0. The minimum absolute atomic E-state index is 0.134. The van der Waals surface area contributed by atoms with Crippen molar-refractivity contribution in [1.82, 2.24) is 19.7 Å². The van der Waals surface area contributed by atoms with Crippen molar-refractivity contribution in [2.45, 2.75) is 25.2 Å². The van der Waals surface area contributed by atoms with Crippen molar-refractivity contribution in [3.05, 3.63) is 95.8 Å². The number of hydrogen-bond acceptors (Lipinski definition) is 7. The molecule has 2 aromatic heterocycles. The van der Waals surface area contributed by atoms with Crippen LogP contribution in [0.4, 0.5) is 5.69 Å². The third kappa shape index (κ3) is 6.24. The number of rotatable bonds is 10. The quantitative estimate of drug-likeness (QED) is 0.146. The van der Waals surface area contributed by atoms with Crippen LogP contribution in [-0.2, 0) is 17.9 Å². The van der Waals surface area contributed by atoms with E-state index in [0.717, 1.165) is 21.8 Å². The molecule has 5 rings (SSSR count). The molecular weight excluding hydrogens is 538 g/mol. The summed E-state index contributed by atoms with van der Waals surface area (Å²) in [7, 11) is 0. The lowest BCUT2D eigenvalue weighted by Crippen LogP contribution is -2.15. The highest BCUT2D eigenvalue weighted by atomic mass is 35.5. The zero-order valence-corrected chi connectivity index (χ0v) is 22.9. The van der Waals surface area contributed by atoms with Gasteiger partial charge in [-0.15, -0.1) is 28.1 Å². The largest absolute Gasteiger partial charge is 0.486 e. The summed E-state index contributed by atoms with van der Waals surface area (Å²) in [6.45, 7) is 6.63. The third-order valence-electron chi connectivity index (χ3n) is 5.58. The Kier molecular flexibility index (Phi) is 8.07. The number of benzene rings is 3. The third-order valence-corrected chi connectivity index (χ3v) is 7.86. The number of aryl methyl sites for hydroxylation is 1. The van der Waals surface area contributed by atoms with Gasteiger partial charge < -0.3 is 10.1 Å². The molecule has 0 saturated carbocycles. The highest BCUT2D eigenvalue weighted by molar-refractivity contribution is 7.99. The number of halogens is 1. The molecule has 0 saturated heterocycles. The van der Waals surface area contributed by atoms with Crippen molar-refractivity contribution >= 4 is 56.5 Å². The molecule has 0 bridgehead atoms. The van der Waals surface area contributed by atoms with Crippen LogP contribution in [0.15, 0.2) is 84.5 Å². The van der Waals surface area contributed by atoms with Gasteiger partial charge in [0.1, 0.15) is 17.4 Å². The van der Waals surface area contributed by atoms with Crippen molar-refractivity contribution in [2.24, 2.45) is 0 Å². The summed E-state index contributed by atoms with van der Waals surface area (Å²) in [4.78, 5) is 17.4. The number of anilines is 1. The van der Waals surface area contributed by atoms with E-state index in [2.05, 4.69) is 41.1 Å². The number of carbonyl (C=O) groups is 1. The van der Waals surface area contributed by atoms with Gasteiger partial charge in [-0.25, -0.2) is 4.98 Å². The summed E-state index contributed by atoms with van der Waals surface area (Å²) in [6, 6.07) is 21.1. The number of carbonyl (C=O) groups excluding carboxylic acids is 1. The Hall–Kier alpha value is -3.66. The average molecular weight is 562 g/mol. The lowest BCUT2D eigenvalue weighted by atomic mass is 10.2. The van der Waals surface area contributed by atoms with Crippen LogP contribution in [0.3, 0.4) is 0 Å². The Morgan fingerprint density at radius 1 is 1.13 bits per heavy atom. The number of allylic oxidation sites excluding steroid dienone is 1. The van der Waals surface area contributed by atoms with Crippen LogP contribution < -0.4 is 10.1 Å². The molecule has 0 fully saturated rings. The van der Waals surface area contributed by atoms with E-state index in [1.165, 1.54) is 22.0 Å². The van der Waals surface area contributed by atoms with E-state index in [1.54, 1.807) is 41.7 Å². The molecule has 5 aromatic rings. The highest BCUT2D eigenvalue weighted by Crippen LogP contribution is 2.31. The Labute approximate surface area is 233 Å². The number of ether oxygens (including phenoxy) is 1. The molecule has 7 nitrogen and oxygen atoms in total. The molecule has 0 atom stereocenters. The van der Waals surface area contributed by atoms with Crippen LogP contribution >= 0.6 is 34.7 Å². The molecule has 0 aliphatic heterocycles. The number of hydrogen-bond donors (Lipinski definition) is 1. The van der Waals surface area contributed by atoms with Gasteiger partial charge in [0, 0.05) is 22.8 Å². The van der Waals surface area contributed by atoms with E-state index in [0.29, 0.717) is 28.3 Å². The van der Waals surface area contributed by atoms with Crippen LogP contribution in [-0.4, -0.2) is 31.4 Å². The van der Waals surface area contributed by atoms with Crippen LogP contribution in [0.5, 0.6) is 5.75 Å². The first-order chi connectivity index (χ1) is 18.5. The highest BCUT2D eigenvalue weighted by Gasteiger charge is 2.15. The number of aromatic nitrogens is 4. The monoisotopic (exact) mass is 561 g/mol. The second-order valence-electron chi connectivity index (χ2n) is 8.45. The van der Waals surface area contributed by atoms with Crippen LogP contribution in [0.25, 0.3) is 20.8 Å². The second-order valence-corrected chi connectivity index (χ2v) is 10.9. The molecule has 0 radical (unpaired) electrons. The zero-order chi connectivity index (χ0) is 26.5. The summed E-state index contributed by atoms with van der Waals surface area (Å²) >= 11 is 8.90. The SMILES string of the molecule is C=CCn1c(COc2ccc(Cl)cc2)nnc1SCC(=O)Nc1ccc(-c2nc3ccc(C)cc3s2)cc1. The molecule has 0 aliphatic carbocycles. The van der Waals surface area contributed by atoms with Gasteiger partial charge in [-0.2, -0.15) is 0 Å². The predicted molar refractivity (Wildman–Crippen MR) is 155 cm³/mol. The standard InChI is InChI=1S/C28H24ClN5O2S2/c1-3-14-34-25(16-36-22-11-7-20(29)8-12-22)32-33-28(34)37-17-26(35)30-21-9-5-19(6-10-21)27-31-23-13-4-18(2)15-24(23)38-27/h3-13,15H,1,14,16-17H2,2H3,(H,30,35).